The van der Waals surface area contributed by atoms with Gasteiger partial charge in [0.15, 0.2) is 0 Å². The van der Waals surface area contributed by atoms with Crippen molar-refractivity contribution in [3.8, 4) is 0 Å². The summed E-state index contributed by atoms with van der Waals surface area (Å²) in [6.07, 6.45) is 4.28. The number of hydrogen-bond acceptors (Lipinski definition) is 3. The largest absolute Gasteiger partial charge is 0.450 e. The summed E-state index contributed by atoms with van der Waals surface area (Å²) in [7, 11) is 0. The highest BCUT2D eigenvalue weighted by molar-refractivity contribution is 6.61. The Morgan fingerprint density at radius 1 is 1.53 bits per heavy atom. The van der Waals surface area contributed by atoms with Gasteiger partial charge in [-0.25, -0.2) is 4.79 Å². The first kappa shape index (κ1) is 14.1. The predicted octanol–water partition coefficient (Wildman–Crippen LogP) is 4.01. The Morgan fingerprint density at radius 2 is 2.27 bits per heavy atom. The van der Waals surface area contributed by atoms with E-state index < -0.39 is 5.43 Å². The lowest BCUT2D eigenvalue weighted by molar-refractivity contribution is 0.111. The molecule has 6 heteroatoms. The molecule has 0 bridgehead atoms. The number of nitrogens with zero attached hydrogens (tertiary/aromatic N) is 3. The zero-order valence-corrected chi connectivity index (χ0v) is 9.61. The van der Waals surface area contributed by atoms with E-state index in [1.54, 1.807) is 0 Å². The van der Waals surface area contributed by atoms with Gasteiger partial charge in [-0.2, -0.15) is 0 Å². The molecule has 0 saturated carbocycles. The van der Waals surface area contributed by atoms with Crippen LogP contribution in [0.15, 0.2) is 5.11 Å². The Morgan fingerprint density at radius 3 is 2.80 bits per heavy atom. The van der Waals surface area contributed by atoms with Crippen molar-refractivity contribution in [2.75, 3.05) is 6.54 Å². The van der Waals surface area contributed by atoms with Crippen LogP contribution in [0.2, 0.25) is 0 Å². The van der Waals surface area contributed by atoms with Crippen molar-refractivity contribution in [2.45, 2.75) is 45.1 Å². The summed E-state index contributed by atoms with van der Waals surface area (Å²) in [5, 5.41) is 3.43. The lowest BCUT2D eigenvalue weighted by atomic mass is 10.1. The van der Waals surface area contributed by atoms with Gasteiger partial charge in [-0.3, -0.25) is 0 Å². The van der Waals surface area contributed by atoms with Crippen LogP contribution in [0.1, 0.15) is 39.0 Å². The number of azide groups is 1. The highest BCUT2D eigenvalue weighted by Crippen LogP contribution is 2.11. The van der Waals surface area contributed by atoms with Gasteiger partial charge in [-0.1, -0.05) is 18.5 Å². The minimum atomic E-state index is -0.740. The molecule has 0 fully saturated rings. The Labute approximate surface area is 94.4 Å². The first-order valence-electron chi connectivity index (χ1n) is 5.07. The second-order valence-corrected chi connectivity index (χ2v) is 3.50. The molecule has 0 aliphatic carbocycles. The van der Waals surface area contributed by atoms with Gasteiger partial charge in [0.1, 0.15) is 6.10 Å². The van der Waals surface area contributed by atoms with E-state index in [2.05, 4.69) is 10.0 Å². The molecule has 0 saturated heterocycles. The lowest BCUT2D eigenvalue weighted by Crippen LogP contribution is -2.13. The number of halogens is 1. The van der Waals surface area contributed by atoms with Crippen molar-refractivity contribution in [1.82, 2.24) is 0 Å². The van der Waals surface area contributed by atoms with Gasteiger partial charge >= 0.3 is 5.43 Å². The molecule has 0 aromatic carbocycles. The van der Waals surface area contributed by atoms with Gasteiger partial charge in [0, 0.05) is 23.1 Å². The Kier molecular flexibility index (Phi) is 9.02. The van der Waals surface area contributed by atoms with Crippen LogP contribution in [-0.2, 0) is 4.74 Å². The van der Waals surface area contributed by atoms with Gasteiger partial charge < -0.3 is 4.74 Å². The van der Waals surface area contributed by atoms with E-state index in [1.807, 2.05) is 6.92 Å². The van der Waals surface area contributed by atoms with E-state index in [0.29, 0.717) is 6.54 Å². The van der Waals surface area contributed by atoms with Crippen molar-refractivity contribution in [2.24, 2.45) is 5.11 Å². The lowest BCUT2D eigenvalue weighted by Gasteiger charge is -2.13. The number of carbonyl (C=O) groups excluding carboxylic acids is 1. The van der Waals surface area contributed by atoms with Crippen LogP contribution >= 0.6 is 11.6 Å². The summed E-state index contributed by atoms with van der Waals surface area (Å²) in [6, 6.07) is 0. The molecule has 0 rings (SSSR count). The highest BCUT2D eigenvalue weighted by atomic mass is 35.5. The van der Waals surface area contributed by atoms with E-state index in [0.717, 1.165) is 32.1 Å². The highest BCUT2D eigenvalue weighted by Gasteiger charge is 2.09. The average molecular weight is 234 g/mol. The minimum absolute atomic E-state index is 0.0885. The number of rotatable bonds is 8. The fourth-order valence-electron chi connectivity index (χ4n) is 1.25. The molecule has 0 aliphatic heterocycles. The van der Waals surface area contributed by atoms with Gasteiger partial charge in [0.05, 0.1) is 0 Å². The summed E-state index contributed by atoms with van der Waals surface area (Å²) in [4.78, 5) is 13.1. The van der Waals surface area contributed by atoms with E-state index in [1.165, 1.54) is 0 Å². The van der Waals surface area contributed by atoms with E-state index in [-0.39, 0.29) is 6.10 Å². The minimum Gasteiger partial charge on any atom is -0.450 e. The third kappa shape index (κ3) is 9.38. The van der Waals surface area contributed by atoms with Gasteiger partial charge in [-0.05, 0) is 31.2 Å². The van der Waals surface area contributed by atoms with Crippen LogP contribution in [0.25, 0.3) is 10.4 Å². The fourth-order valence-corrected chi connectivity index (χ4v) is 1.38. The molecule has 0 aromatic rings. The zero-order chi connectivity index (χ0) is 11.5. The van der Waals surface area contributed by atoms with Gasteiger partial charge in [0.2, 0.25) is 0 Å². The maximum Gasteiger partial charge on any atom is 0.404 e. The van der Waals surface area contributed by atoms with Crippen LogP contribution in [-0.4, -0.2) is 18.1 Å². The molecule has 1 unspecified atom stereocenters. The summed E-state index contributed by atoms with van der Waals surface area (Å²) in [5.74, 6) is 0. The molecule has 0 aromatic heterocycles. The smallest absolute Gasteiger partial charge is 0.404 e. The summed E-state index contributed by atoms with van der Waals surface area (Å²) in [5.41, 5.74) is 7.29. The monoisotopic (exact) mass is 233 g/mol. The van der Waals surface area contributed by atoms with Crippen LogP contribution in [0.4, 0.5) is 4.79 Å². The number of ether oxygens (including phenoxy) is 1. The number of carbonyl (C=O) groups is 1. The number of hydrogen-bond donors (Lipinski definition) is 0. The first-order chi connectivity index (χ1) is 7.20. The SMILES string of the molecule is CCC(CCCCCN=[N+]=[N-])OC(=O)Cl. The van der Waals surface area contributed by atoms with Gasteiger partial charge in [0.25, 0.3) is 0 Å². The molecule has 0 aliphatic rings. The summed E-state index contributed by atoms with van der Waals surface area (Å²) < 4.78 is 4.87. The van der Waals surface area contributed by atoms with Crippen LogP contribution < -0.4 is 0 Å². The van der Waals surface area contributed by atoms with Crippen molar-refractivity contribution < 1.29 is 9.53 Å². The second kappa shape index (κ2) is 9.62. The zero-order valence-electron chi connectivity index (χ0n) is 8.86. The predicted molar refractivity (Wildman–Crippen MR) is 58.9 cm³/mol. The molecule has 15 heavy (non-hydrogen) atoms. The van der Waals surface area contributed by atoms with Crippen LogP contribution in [0.5, 0.6) is 0 Å². The molecular weight excluding hydrogens is 218 g/mol. The number of unbranched alkanes of at least 4 members (excludes halogenated alkanes) is 2. The molecule has 86 valence electrons. The quantitative estimate of drug-likeness (QED) is 0.209. The van der Waals surface area contributed by atoms with Gasteiger partial charge in [-0.15, -0.1) is 0 Å². The topological polar surface area (TPSA) is 75.1 Å². The van der Waals surface area contributed by atoms with Crippen LogP contribution in [0, 0.1) is 0 Å². The Hall–Kier alpha value is -0.930. The van der Waals surface area contributed by atoms with E-state index in [9.17, 15) is 4.79 Å². The fraction of sp³-hybridized carbons (Fsp3) is 0.889. The molecule has 0 spiro atoms. The maximum absolute atomic E-state index is 10.5. The molecular formula is C9H16ClN3O2. The molecule has 5 nitrogen and oxygen atoms in total. The first-order valence-corrected chi connectivity index (χ1v) is 5.45. The molecule has 0 heterocycles. The average Bonchev–Trinajstić information content (AvgIpc) is 2.20. The van der Waals surface area contributed by atoms with Crippen molar-refractivity contribution in [3.63, 3.8) is 0 Å². The van der Waals surface area contributed by atoms with Crippen molar-refractivity contribution in [3.05, 3.63) is 10.4 Å². The standard InChI is InChI=1S/C9H16ClN3O2/c1-2-8(15-9(10)14)6-4-3-5-7-12-13-11/h8H,2-7H2,1H3. The molecule has 0 amide bonds. The van der Waals surface area contributed by atoms with E-state index in [4.69, 9.17) is 21.9 Å². The third-order valence-corrected chi connectivity index (χ3v) is 2.15. The third-order valence-electron chi connectivity index (χ3n) is 2.06. The second-order valence-electron chi connectivity index (χ2n) is 3.19. The van der Waals surface area contributed by atoms with Crippen molar-refractivity contribution >= 4 is 17.0 Å². The molecule has 0 N–H and O–H groups in total. The molecule has 0 radical (unpaired) electrons. The Balaban J connectivity index is 3.45. The summed E-state index contributed by atoms with van der Waals surface area (Å²) >= 11 is 5.12. The maximum atomic E-state index is 10.5. The van der Waals surface area contributed by atoms with Crippen LogP contribution in [0.3, 0.4) is 0 Å². The van der Waals surface area contributed by atoms with E-state index >= 15 is 0 Å². The normalized spacial score (nSPS) is 11.6. The Bertz CT molecular complexity index is 229. The summed E-state index contributed by atoms with van der Waals surface area (Å²) in [6.45, 7) is 2.48. The molecule has 1 atom stereocenters. The van der Waals surface area contributed by atoms with Crippen molar-refractivity contribution in [1.29, 1.82) is 0 Å².